The number of hydrogen-bond donors (Lipinski definition) is 2. The SMILES string of the molecule is Cc1ccc(N(CCO)CCO)nn1. The van der Waals surface area contributed by atoms with Crippen LogP contribution < -0.4 is 4.90 Å². The Morgan fingerprint density at radius 3 is 2.21 bits per heavy atom. The summed E-state index contributed by atoms with van der Waals surface area (Å²) in [6.45, 7) is 2.85. The van der Waals surface area contributed by atoms with E-state index in [1.807, 2.05) is 19.1 Å². The third kappa shape index (κ3) is 2.93. The fourth-order valence-electron chi connectivity index (χ4n) is 1.14. The van der Waals surface area contributed by atoms with Crippen molar-refractivity contribution in [1.82, 2.24) is 10.2 Å². The number of aliphatic hydroxyl groups is 2. The summed E-state index contributed by atoms with van der Waals surface area (Å²) in [7, 11) is 0. The lowest BCUT2D eigenvalue weighted by molar-refractivity contribution is 0.280. The molecule has 0 bridgehead atoms. The molecule has 5 heteroatoms. The molecule has 0 spiro atoms. The van der Waals surface area contributed by atoms with E-state index in [4.69, 9.17) is 10.2 Å². The van der Waals surface area contributed by atoms with Gasteiger partial charge in [-0.05, 0) is 19.1 Å². The van der Waals surface area contributed by atoms with Crippen molar-refractivity contribution < 1.29 is 10.2 Å². The summed E-state index contributed by atoms with van der Waals surface area (Å²) in [4.78, 5) is 1.78. The second-order valence-electron chi connectivity index (χ2n) is 2.97. The molecule has 0 aliphatic heterocycles. The van der Waals surface area contributed by atoms with Gasteiger partial charge in [-0.25, -0.2) is 0 Å². The number of aromatic nitrogens is 2. The first-order valence-corrected chi connectivity index (χ1v) is 4.55. The molecule has 0 aromatic carbocycles. The van der Waals surface area contributed by atoms with Crippen molar-refractivity contribution >= 4 is 5.82 Å². The van der Waals surface area contributed by atoms with Gasteiger partial charge in [-0.1, -0.05) is 0 Å². The number of hydrogen-bond acceptors (Lipinski definition) is 5. The Bertz CT molecular complexity index is 257. The predicted octanol–water partition coefficient (Wildman–Crippen LogP) is -0.424. The van der Waals surface area contributed by atoms with Crippen LogP contribution in [0.2, 0.25) is 0 Å². The molecule has 0 amide bonds. The first-order chi connectivity index (χ1) is 6.77. The molecule has 1 rings (SSSR count). The highest BCUT2D eigenvalue weighted by molar-refractivity contribution is 5.36. The van der Waals surface area contributed by atoms with Crippen molar-refractivity contribution in [3.8, 4) is 0 Å². The smallest absolute Gasteiger partial charge is 0.151 e. The minimum atomic E-state index is 0.0373. The van der Waals surface area contributed by atoms with Gasteiger partial charge in [0.15, 0.2) is 5.82 Å². The van der Waals surface area contributed by atoms with E-state index in [1.165, 1.54) is 0 Å². The minimum absolute atomic E-state index is 0.0373. The van der Waals surface area contributed by atoms with Gasteiger partial charge in [0.25, 0.3) is 0 Å². The molecular formula is C9H15N3O2. The van der Waals surface area contributed by atoms with Crippen molar-refractivity contribution in [2.45, 2.75) is 6.92 Å². The Kier molecular flexibility index (Phi) is 4.28. The molecule has 0 unspecified atom stereocenters. The van der Waals surface area contributed by atoms with E-state index in [0.29, 0.717) is 18.9 Å². The summed E-state index contributed by atoms with van der Waals surface area (Å²) >= 11 is 0. The highest BCUT2D eigenvalue weighted by atomic mass is 16.3. The molecule has 0 atom stereocenters. The second kappa shape index (κ2) is 5.51. The molecule has 2 N–H and O–H groups in total. The maximum Gasteiger partial charge on any atom is 0.151 e. The summed E-state index contributed by atoms with van der Waals surface area (Å²) in [5, 5.41) is 25.5. The molecule has 1 aromatic rings. The molecule has 0 saturated carbocycles. The standard InChI is InChI=1S/C9H15N3O2/c1-8-2-3-9(11-10-8)12(4-6-13)5-7-14/h2-3,13-14H,4-7H2,1H3. The van der Waals surface area contributed by atoms with Crippen LogP contribution in [-0.2, 0) is 0 Å². The van der Waals surface area contributed by atoms with Gasteiger partial charge in [-0.2, -0.15) is 5.10 Å². The van der Waals surface area contributed by atoms with Gasteiger partial charge >= 0.3 is 0 Å². The van der Waals surface area contributed by atoms with E-state index >= 15 is 0 Å². The number of rotatable bonds is 5. The summed E-state index contributed by atoms with van der Waals surface area (Å²) in [6, 6.07) is 3.68. The van der Waals surface area contributed by atoms with E-state index in [0.717, 1.165) is 5.69 Å². The molecule has 5 nitrogen and oxygen atoms in total. The highest BCUT2D eigenvalue weighted by Crippen LogP contribution is 2.07. The van der Waals surface area contributed by atoms with Crippen LogP contribution in [0.4, 0.5) is 5.82 Å². The van der Waals surface area contributed by atoms with Gasteiger partial charge < -0.3 is 15.1 Å². The molecular weight excluding hydrogens is 182 g/mol. The van der Waals surface area contributed by atoms with Crippen molar-refractivity contribution in [2.75, 3.05) is 31.2 Å². The third-order valence-electron chi connectivity index (χ3n) is 1.85. The zero-order chi connectivity index (χ0) is 10.4. The van der Waals surface area contributed by atoms with E-state index < -0.39 is 0 Å². The van der Waals surface area contributed by atoms with Crippen molar-refractivity contribution in [2.24, 2.45) is 0 Å². The monoisotopic (exact) mass is 197 g/mol. The fraction of sp³-hybridized carbons (Fsp3) is 0.556. The lowest BCUT2D eigenvalue weighted by Gasteiger charge is -2.20. The zero-order valence-corrected chi connectivity index (χ0v) is 8.22. The summed E-state index contributed by atoms with van der Waals surface area (Å²) in [6.07, 6.45) is 0. The van der Waals surface area contributed by atoms with Crippen LogP contribution in [0, 0.1) is 6.92 Å². The topological polar surface area (TPSA) is 69.5 Å². The third-order valence-corrected chi connectivity index (χ3v) is 1.85. The maximum atomic E-state index is 8.81. The van der Waals surface area contributed by atoms with Crippen LogP contribution in [-0.4, -0.2) is 46.7 Å². The van der Waals surface area contributed by atoms with Gasteiger partial charge in [0.05, 0.1) is 18.9 Å². The normalized spacial score (nSPS) is 10.2. The Hall–Kier alpha value is -1.20. The Morgan fingerprint density at radius 2 is 1.79 bits per heavy atom. The molecule has 0 aliphatic carbocycles. The van der Waals surface area contributed by atoms with Crippen LogP contribution >= 0.6 is 0 Å². The summed E-state index contributed by atoms with van der Waals surface area (Å²) < 4.78 is 0. The second-order valence-corrected chi connectivity index (χ2v) is 2.97. The van der Waals surface area contributed by atoms with Gasteiger partial charge in [0.1, 0.15) is 0 Å². The average molecular weight is 197 g/mol. The highest BCUT2D eigenvalue weighted by Gasteiger charge is 2.06. The largest absolute Gasteiger partial charge is 0.395 e. The van der Waals surface area contributed by atoms with E-state index in [-0.39, 0.29) is 13.2 Å². The fourth-order valence-corrected chi connectivity index (χ4v) is 1.14. The summed E-state index contributed by atoms with van der Waals surface area (Å²) in [5.74, 6) is 0.679. The van der Waals surface area contributed by atoms with Crippen molar-refractivity contribution in [3.05, 3.63) is 17.8 Å². The molecule has 1 heterocycles. The van der Waals surface area contributed by atoms with Gasteiger partial charge in [0.2, 0.25) is 0 Å². The zero-order valence-electron chi connectivity index (χ0n) is 8.22. The van der Waals surface area contributed by atoms with E-state index in [2.05, 4.69) is 10.2 Å². The molecule has 14 heavy (non-hydrogen) atoms. The quantitative estimate of drug-likeness (QED) is 0.670. The van der Waals surface area contributed by atoms with Gasteiger partial charge in [-0.15, -0.1) is 5.10 Å². The minimum Gasteiger partial charge on any atom is -0.395 e. The lowest BCUT2D eigenvalue weighted by atomic mass is 10.4. The molecule has 1 aromatic heterocycles. The van der Waals surface area contributed by atoms with Gasteiger partial charge in [-0.3, -0.25) is 0 Å². The van der Waals surface area contributed by atoms with Crippen LogP contribution in [0.5, 0.6) is 0 Å². The van der Waals surface area contributed by atoms with E-state index in [9.17, 15) is 0 Å². The number of aliphatic hydroxyl groups excluding tert-OH is 2. The maximum absolute atomic E-state index is 8.81. The molecule has 0 saturated heterocycles. The first-order valence-electron chi connectivity index (χ1n) is 4.55. The molecule has 0 aliphatic rings. The van der Waals surface area contributed by atoms with Crippen LogP contribution in [0.15, 0.2) is 12.1 Å². The lowest BCUT2D eigenvalue weighted by Crippen LogP contribution is -2.30. The molecule has 0 radical (unpaired) electrons. The average Bonchev–Trinajstić information content (AvgIpc) is 2.19. The first kappa shape index (κ1) is 10.9. The predicted molar refractivity (Wildman–Crippen MR) is 53.2 cm³/mol. The number of nitrogens with zero attached hydrogens (tertiary/aromatic N) is 3. The summed E-state index contributed by atoms with van der Waals surface area (Å²) in [5.41, 5.74) is 0.849. The number of anilines is 1. The van der Waals surface area contributed by atoms with E-state index in [1.54, 1.807) is 4.90 Å². The molecule has 78 valence electrons. The molecule has 0 fully saturated rings. The van der Waals surface area contributed by atoms with Crippen molar-refractivity contribution in [3.63, 3.8) is 0 Å². The van der Waals surface area contributed by atoms with Crippen LogP contribution in [0.3, 0.4) is 0 Å². The van der Waals surface area contributed by atoms with Crippen molar-refractivity contribution in [1.29, 1.82) is 0 Å². The van der Waals surface area contributed by atoms with Crippen LogP contribution in [0.1, 0.15) is 5.69 Å². The Balaban J connectivity index is 2.71. The van der Waals surface area contributed by atoms with Crippen LogP contribution in [0.25, 0.3) is 0 Å². The Labute approximate surface area is 83.0 Å². The van der Waals surface area contributed by atoms with Gasteiger partial charge in [0, 0.05) is 13.1 Å². The number of aryl methyl sites for hydroxylation is 1. The Morgan fingerprint density at radius 1 is 1.14 bits per heavy atom.